The summed E-state index contributed by atoms with van der Waals surface area (Å²) in [4.78, 5) is 0. The predicted octanol–water partition coefficient (Wildman–Crippen LogP) is 4.05. The van der Waals surface area contributed by atoms with Crippen molar-refractivity contribution in [2.45, 2.75) is 57.2 Å². The third-order valence-electron chi connectivity index (χ3n) is 4.37. The first-order valence-corrected chi connectivity index (χ1v) is 7.61. The Labute approximate surface area is 123 Å². The van der Waals surface area contributed by atoms with Crippen LogP contribution >= 0.6 is 0 Å². The van der Waals surface area contributed by atoms with Gasteiger partial charge in [-0.2, -0.15) is 13.2 Å². The molecule has 1 fully saturated rings. The van der Waals surface area contributed by atoms with Gasteiger partial charge in [0.2, 0.25) is 0 Å². The molecule has 0 spiro atoms. The van der Waals surface area contributed by atoms with Gasteiger partial charge in [-0.25, -0.2) is 0 Å². The van der Waals surface area contributed by atoms with Crippen molar-refractivity contribution in [1.29, 1.82) is 0 Å². The van der Waals surface area contributed by atoms with E-state index in [9.17, 15) is 13.2 Å². The Morgan fingerprint density at radius 3 is 2.57 bits per heavy atom. The van der Waals surface area contributed by atoms with Crippen LogP contribution in [0.2, 0.25) is 0 Å². The molecule has 1 aromatic rings. The van der Waals surface area contributed by atoms with E-state index in [1.54, 1.807) is 6.07 Å². The maximum absolute atomic E-state index is 12.7. The number of hydrogen-bond donors (Lipinski definition) is 2. The number of hydrazine groups is 1. The van der Waals surface area contributed by atoms with Crippen LogP contribution in [-0.4, -0.2) is 6.04 Å². The molecule has 118 valence electrons. The molecular formula is C16H23F3N2. The minimum Gasteiger partial charge on any atom is -0.271 e. The summed E-state index contributed by atoms with van der Waals surface area (Å²) in [6.45, 7) is 0. The maximum atomic E-state index is 12.7. The maximum Gasteiger partial charge on any atom is 0.416 e. The third kappa shape index (κ3) is 5.00. The van der Waals surface area contributed by atoms with E-state index >= 15 is 0 Å². The van der Waals surface area contributed by atoms with Crippen molar-refractivity contribution in [2.24, 2.45) is 11.8 Å². The number of benzene rings is 1. The normalized spacial score (nSPS) is 18.1. The van der Waals surface area contributed by atoms with E-state index in [4.69, 9.17) is 5.84 Å². The lowest BCUT2D eigenvalue weighted by atomic mass is 9.95. The molecule has 0 aliphatic heterocycles. The number of nitrogens with one attached hydrogen (secondary N) is 1. The molecule has 0 amide bonds. The highest BCUT2D eigenvalue weighted by Gasteiger charge is 2.30. The Kier molecular flexibility index (Phi) is 5.65. The zero-order valence-electron chi connectivity index (χ0n) is 12.1. The molecule has 1 aliphatic carbocycles. The van der Waals surface area contributed by atoms with Gasteiger partial charge in [-0.3, -0.25) is 11.3 Å². The summed E-state index contributed by atoms with van der Waals surface area (Å²) >= 11 is 0. The summed E-state index contributed by atoms with van der Waals surface area (Å²) in [5, 5.41) is 0. The number of hydrogen-bond acceptors (Lipinski definition) is 2. The molecule has 0 bridgehead atoms. The molecular weight excluding hydrogens is 277 g/mol. The SMILES string of the molecule is NNC(CCC1CCCC1)Cc1cccc(C(F)(F)F)c1. The van der Waals surface area contributed by atoms with Crippen molar-refractivity contribution in [3.63, 3.8) is 0 Å². The Morgan fingerprint density at radius 1 is 1.24 bits per heavy atom. The lowest BCUT2D eigenvalue weighted by Crippen LogP contribution is -2.37. The number of rotatable bonds is 6. The van der Waals surface area contributed by atoms with Gasteiger partial charge in [-0.1, -0.05) is 43.9 Å². The van der Waals surface area contributed by atoms with E-state index in [1.165, 1.54) is 37.8 Å². The smallest absolute Gasteiger partial charge is 0.271 e. The van der Waals surface area contributed by atoms with Gasteiger partial charge in [-0.15, -0.1) is 0 Å². The van der Waals surface area contributed by atoms with Crippen LogP contribution in [-0.2, 0) is 12.6 Å². The van der Waals surface area contributed by atoms with Crippen LogP contribution in [0.25, 0.3) is 0 Å². The molecule has 1 aliphatic rings. The van der Waals surface area contributed by atoms with Gasteiger partial charge in [0.25, 0.3) is 0 Å². The first-order chi connectivity index (χ1) is 9.99. The summed E-state index contributed by atoms with van der Waals surface area (Å²) in [6.07, 6.45) is 3.43. The van der Waals surface area contributed by atoms with Crippen LogP contribution in [0.3, 0.4) is 0 Å². The molecule has 0 radical (unpaired) electrons. The highest BCUT2D eigenvalue weighted by atomic mass is 19.4. The number of alkyl halides is 3. The van der Waals surface area contributed by atoms with Crippen molar-refractivity contribution in [2.75, 3.05) is 0 Å². The van der Waals surface area contributed by atoms with E-state index in [0.717, 1.165) is 24.8 Å². The predicted molar refractivity (Wildman–Crippen MR) is 77.5 cm³/mol. The first kappa shape index (κ1) is 16.3. The Hall–Kier alpha value is -1.07. The topological polar surface area (TPSA) is 38.0 Å². The van der Waals surface area contributed by atoms with Crippen LogP contribution in [0.1, 0.15) is 49.7 Å². The lowest BCUT2D eigenvalue weighted by Gasteiger charge is -2.19. The fraction of sp³-hybridized carbons (Fsp3) is 0.625. The van der Waals surface area contributed by atoms with E-state index in [0.29, 0.717) is 12.0 Å². The van der Waals surface area contributed by atoms with Gasteiger partial charge < -0.3 is 0 Å². The average Bonchev–Trinajstić information content (AvgIpc) is 2.96. The Balaban J connectivity index is 1.91. The summed E-state index contributed by atoms with van der Waals surface area (Å²) < 4.78 is 38.1. The standard InChI is InChI=1S/C16H23F3N2/c17-16(18,19)14-7-3-6-13(10-14)11-15(21-20)9-8-12-4-1-2-5-12/h3,6-7,10,12,15,21H,1-2,4-5,8-9,11,20H2. The van der Waals surface area contributed by atoms with Crippen LogP contribution in [0.15, 0.2) is 24.3 Å². The zero-order chi connectivity index (χ0) is 15.3. The van der Waals surface area contributed by atoms with E-state index in [1.807, 2.05) is 0 Å². The quantitative estimate of drug-likeness (QED) is 0.614. The summed E-state index contributed by atoms with van der Waals surface area (Å²) in [5.41, 5.74) is 2.84. The second kappa shape index (κ2) is 7.27. The largest absolute Gasteiger partial charge is 0.416 e. The van der Waals surface area contributed by atoms with Crippen molar-refractivity contribution in [3.05, 3.63) is 35.4 Å². The van der Waals surface area contributed by atoms with Gasteiger partial charge in [0.15, 0.2) is 0 Å². The van der Waals surface area contributed by atoms with Crippen LogP contribution in [0.5, 0.6) is 0 Å². The van der Waals surface area contributed by atoms with Crippen molar-refractivity contribution in [1.82, 2.24) is 5.43 Å². The first-order valence-electron chi connectivity index (χ1n) is 7.61. The Morgan fingerprint density at radius 2 is 1.95 bits per heavy atom. The van der Waals surface area contributed by atoms with Gasteiger partial charge in [0.05, 0.1) is 5.56 Å². The fourth-order valence-electron chi connectivity index (χ4n) is 3.14. The summed E-state index contributed by atoms with van der Waals surface area (Å²) in [7, 11) is 0. The third-order valence-corrected chi connectivity index (χ3v) is 4.37. The van der Waals surface area contributed by atoms with Gasteiger partial charge in [0, 0.05) is 6.04 Å². The second-order valence-electron chi connectivity index (χ2n) is 5.99. The molecule has 1 aromatic carbocycles. The average molecular weight is 300 g/mol. The van der Waals surface area contributed by atoms with Crippen LogP contribution in [0.4, 0.5) is 13.2 Å². The fourth-order valence-corrected chi connectivity index (χ4v) is 3.14. The molecule has 1 atom stereocenters. The van der Waals surface area contributed by atoms with E-state index < -0.39 is 11.7 Å². The molecule has 1 saturated carbocycles. The van der Waals surface area contributed by atoms with Gasteiger partial charge >= 0.3 is 6.18 Å². The highest BCUT2D eigenvalue weighted by Crippen LogP contribution is 2.31. The molecule has 2 nitrogen and oxygen atoms in total. The van der Waals surface area contributed by atoms with Crippen LogP contribution < -0.4 is 11.3 Å². The van der Waals surface area contributed by atoms with E-state index in [-0.39, 0.29) is 6.04 Å². The van der Waals surface area contributed by atoms with Crippen molar-refractivity contribution < 1.29 is 13.2 Å². The minimum absolute atomic E-state index is 0.0362. The Bertz CT molecular complexity index is 439. The van der Waals surface area contributed by atoms with E-state index in [2.05, 4.69) is 5.43 Å². The lowest BCUT2D eigenvalue weighted by molar-refractivity contribution is -0.137. The molecule has 1 unspecified atom stereocenters. The molecule has 2 rings (SSSR count). The van der Waals surface area contributed by atoms with Gasteiger partial charge in [0.1, 0.15) is 0 Å². The monoisotopic (exact) mass is 300 g/mol. The zero-order valence-corrected chi connectivity index (χ0v) is 12.1. The molecule has 0 aromatic heterocycles. The molecule has 5 heteroatoms. The molecule has 21 heavy (non-hydrogen) atoms. The molecule has 0 saturated heterocycles. The minimum atomic E-state index is -4.29. The van der Waals surface area contributed by atoms with Gasteiger partial charge in [-0.05, 0) is 36.8 Å². The van der Waals surface area contributed by atoms with Crippen molar-refractivity contribution in [3.8, 4) is 0 Å². The molecule has 0 heterocycles. The summed E-state index contributed by atoms with van der Waals surface area (Å²) in [5.74, 6) is 6.32. The number of halogens is 3. The summed E-state index contributed by atoms with van der Waals surface area (Å²) in [6, 6.07) is 5.55. The van der Waals surface area contributed by atoms with Crippen LogP contribution in [0, 0.1) is 5.92 Å². The highest BCUT2D eigenvalue weighted by molar-refractivity contribution is 5.26. The van der Waals surface area contributed by atoms with Crippen molar-refractivity contribution >= 4 is 0 Å². The number of nitrogens with two attached hydrogens (primary N) is 1. The second-order valence-corrected chi connectivity index (χ2v) is 5.99. The molecule has 3 N–H and O–H groups in total.